The predicted octanol–water partition coefficient (Wildman–Crippen LogP) is 2.20. The Morgan fingerprint density at radius 3 is 1.71 bits per heavy atom. The van der Waals surface area contributed by atoms with Gasteiger partial charge < -0.3 is 9.47 Å². The van der Waals surface area contributed by atoms with Gasteiger partial charge in [0, 0.05) is 22.2 Å². The van der Waals surface area contributed by atoms with Gasteiger partial charge in [-0.05, 0) is 24.3 Å². The van der Waals surface area contributed by atoms with Crippen LogP contribution in [0.15, 0.2) is 46.5 Å². The van der Waals surface area contributed by atoms with Gasteiger partial charge in [-0.15, -0.1) is 0 Å². The number of nitrogens with zero attached hydrogens (tertiary/aromatic N) is 2. The highest BCUT2D eigenvalue weighted by molar-refractivity contribution is 7.99. The summed E-state index contributed by atoms with van der Waals surface area (Å²) in [6, 6.07) is 6.76. The van der Waals surface area contributed by atoms with Gasteiger partial charge in [-0.2, -0.15) is 0 Å². The Balaban J connectivity index is 2.22. The van der Waals surface area contributed by atoms with E-state index in [-0.39, 0.29) is 11.4 Å². The lowest BCUT2D eigenvalue weighted by Crippen LogP contribution is -2.04. The second-order valence-electron chi connectivity index (χ2n) is 3.84. The molecule has 0 atom stereocenters. The molecule has 108 valence electrons. The third-order valence-electron chi connectivity index (χ3n) is 2.49. The average Bonchev–Trinajstić information content (AvgIpc) is 2.53. The molecule has 0 unspecified atom stereocenters. The Bertz CT molecular complexity index is 618. The van der Waals surface area contributed by atoms with E-state index in [0.717, 1.165) is 9.79 Å². The van der Waals surface area contributed by atoms with E-state index in [2.05, 4.69) is 19.4 Å². The first-order valence-electron chi connectivity index (χ1n) is 5.90. The van der Waals surface area contributed by atoms with Crippen molar-refractivity contribution >= 4 is 23.7 Å². The molecule has 0 aliphatic rings. The van der Waals surface area contributed by atoms with E-state index < -0.39 is 11.9 Å². The third kappa shape index (κ3) is 3.79. The molecule has 2 heterocycles. The van der Waals surface area contributed by atoms with Crippen molar-refractivity contribution in [2.75, 3.05) is 14.2 Å². The highest BCUT2D eigenvalue weighted by atomic mass is 32.2. The van der Waals surface area contributed by atoms with Crippen LogP contribution < -0.4 is 0 Å². The molecule has 0 radical (unpaired) electrons. The van der Waals surface area contributed by atoms with Crippen molar-refractivity contribution in [1.29, 1.82) is 0 Å². The molecule has 6 nitrogen and oxygen atoms in total. The summed E-state index contributed by atoms with van der Waals surface area (Å²) in [6.45, 7) is 0. The molecular formula is C14H12N2O4S. The van der Waals surface area contributed by atoms with Crippen LogP contribution in [-0.2, 0) is 9.47 Å². The molecule has 21 heavy (non-hydrogen) atoms. The van der Waals surface area contributed by atoms with Crippen molar-refractivity contribution in [3.63, 3.8) is 0 Å². The molecule has 0 aromatic carbocycles. The maximum atomic E-state index is 11.4. The van der Waals surface area contributed by atoms with E-state index in [1.807, 2.05) is 0 Å². The number of esters is 2. The van der Waals surface area contributed by atoms with Crippen molar-refractivity contribution in [3.05, 3.63) is 48.0 Å². The Labute approximate surface area is 125 Å². The van der Waals surface area contributed by atoms with Crippen LogP contribution in [0, 0.1) is 0 Å². The van der Waals surface area contributed by atoms with Crippen molar-refractivity contribution in [3.8, 4) is 0 Å². The number of hydrogen-bond acceptors (Lipinski definition) is 7. The summed E-state index contributed by atoms with van der Waals surface area (Å²) >= 11 is 1.38. The summed E-state index contributed by atoms with van der Waals surface area (Å²) in [6.07, 6.45) is 3.05. The van der Waals surface area contributed by atoms with Gasteiger partial charge in [-0.25, -0.2) is 19.6 Å². The molecule has 0 spiro atoms. The molecule has 0 aliphatic heterocycles. The zero-order valence-electron chi connectivity index (χ0n) is 11.4. The minimum absolute atomic E-state index is 0.227. The molecule has 0 amide bonds. The van der Waals surface area contributed by atoms with Gasteiger partial charge in [0.2, 0.25) is 0 Å². The number of rotatable bonds is 4. The van der Waals surface area contributed by atoms with Crippen LogP contribution in [0.5, 0.6) is 0 Å². The van der Waals surface area contributed by atoms with Crippen LogP contribution in [0.1, 0.15) is 21.0 Å². The molecule has 7 heteroatoms. The van der Waals surface area contributed by atoms with Crippen molar-refractivity contribution in [1.82, 2.24) is 9.97 Å². The van der Waals surface area contributed by atoms with Gasteiger partial charge in [-0.1, -0.05) is 11.8 Å². The zero-order chi connectivity index (χ0) is 15.2. The monoisotopic (exact) mass is 304 g/mol. The van der Waals surface area contributed by atoms with Crippen LogP contribution in [-0.4, -0.2) is 36.1 Å². The lowest BCUT2D eigenvalue weighted by atomic mass is 10.3. The summed E-state index contributed by atoms with van der Waals surface area (Å²) in [7, 11) is 2.60. The quantitative estimate of drug-likeness (QED) is 0.801. The third-order valence-corrected chi connectivity index (χ3v) is 3.47. The molecule has 0 bridgehead atoms. The van der Waals surface area contributed by atoms with Gasteiger partial charge >= 0.3 is 11.9 Å². The van der Waals surface area contributed by atoms with E-state index >= 15 is 0 Å². The molecule has 2 rings (SSSR count). The zero-order valence-corrected chi connectivity index (χ0v) is 12.2. The van der Waals surface area contributed by atoms with Crippen molar-refractivity contribution < 1.29 is 19.1 Å². The van der Waals surface area contributed by atoms with E-state index in [9.17, 15) is 9.59 Å². The van der Waals surface area contributed by atoms with Gasteiger partial charge in [0.15, 0.2) is 0 Å². The highest BCUT2D eigenvalue weighted by Crippen LogP contribution is 2.27. The van der Waals surface area contributed by atoms with E-state index in [1.54, 1.807) is 24.3 Å². The van der Waals surface area contributed by atoms with Crippen LogP contribution in [0.25, 0.3) is 0 Å². The number of ether oxygens (including phenoxy) is 2. The fraction of sp³-hybridized carbons (Fsp3) is 0.143. The topological polar surface area (TPSA) is 78.4 Å². The number of carbonyl (C=O) groups is 2. The van der Waals surface area contributed by atoms with Gasteiger partial charge in [0.25, 0.3) is 0 Å². The molecule has 0 saturated heterocycles. The summed E-state index contributed by atoms with van der Waals surface area (Å²) in [5.41, 5.74) is 0.453. The second kappa shape index (κ2) is 6.85. The summed E-state index contributed by atoms with van der Waals surface area (Å²) in [4.78, 5) is 32.3. The first kappa shape index (κ1) is 15.0. The Morgan fingerprint density at radius 2 is 1.33 bits per heavy atom. The number of carbonyl (C=O) groups excluding carboxylic acids is 2. The van der Waals surface area contributed by atoms with E-state index in [1.165, 1.54) is 38.4 Å². The first-order valence-corrected chi connectivity index (χ1v) is 6.72. The van der Waals surface area contributed by atoms with Crippen LogP contribution >= 0.6 is 11.8 Å². The van der Waals surface area contributed by atoms with Gasteiger partial charge in [0.1, 0.15) is 11.4 Å². The molecule has 0 N–H and O–H groups in total. The Kier molecular flexibility index (Phi) is 4.89. The van der Waals surface area contributed by atoms with Crippen LogP contribution in [0.3, 0.4) is 0 Å². The summed E-state index contributed by atoms with van der Waals surface area (Å²) < 4.78 is 9.25. The maximum Gasteiger partial charge on any atom is 0.356 e. The molecular weight excluding hydrogens is 292 g/mol. The summed E-state index contributed by atoms with van der Waals surface area (Å²) in [5, 5.41) is 0. The Morgan fingerprint density at radius 1 is 0.905 bits per heavy atom. The SMILES string of the molecule is COC(=O)c1cc(Sc2ccnc(C(=O)OC)c2)ccn1. The van der Waals surface area contributed by atoms with Crippen molar-refractivity contribution in [2.24, 2.45) is 0 Å². The number of hydrogen-bond donors (Lipinski definition) is 0. The standard InChI is InChI=1S/C14H12N2O4S/c1-19-13(17)11-7-9(3-5-15-11)21-10-4-6-16-12(8-10)14(18)20-2/h3-8H,1-2H3. The van der Waals surface area contributed by atoms with Gasteiger partial charge in [-0.3, -0.25) is 0 Å². The van der Waals surface area contributed by atoms with E-state index in [4.69, 9.17) is 0 Å². The van der Waals surface area contributed by atoms with Crippen LogP contribution in [0.4, 0.5) is 0 Å². The molecule has 0 aliphatic carbocycles. The maximum absolute atomic E-state index is 11.4. The molecule has 2 aromatic heterocycles. The second-order valence-corrected chi connectivity index (χ2v) is 4.99. The minimum Gasteiger partial charge on any atom is -0.464 e. The largest absolute Gasteiger partial charge is 0.464 e. The predicted molar refractivity (Wildman–Crippen MR) is 75.3 cm³/mol. The molecule has 2 aromatic rings. The fourth-order valence-corrected chi connectivity index (χ4v) is 2.39. The normalized spacial score (nSPS) is 10.0. The van der Waals surface area contributed by atoms with Crippen molar-refractivity contribution in [2.45, 2.75) is 9.79 Å². The lowest BCUT2D eigenvalue weighted by Gasteiger charge is -2.04. The number of methoxy groups -OCH3 is 2. The van der Waals surface area contributed by atoms with Gasteiger partial charge in [0.05, 0.1) is 14.2 Å². The minimum atomic E-state index is -0.498. The molecule has 0 saturated carbocycles. The first-order chi connectivity index (χ1) is 10.1. The molecule has 0 fully saturated rings. The van der Waals surface area contributed by atoms with Crippen LogP contribution in [0.2, 0.25) is 0 Å². The van der Waals surface area contributed by atoms with E-state index in [0.29, 0.717) is 0 Å². The number of pyridine rings is 2. The Hall–Kier alpha value is -2.41. The number of aromatic nitrogens is 2. The highest BCUT2D eigenvalue weighted by Gasteiger charge is 2.10. The average molecular weight is 304 g/mol. The summed E-state index contributed by atoms with van der Waals surface area (Å²) in [5.74, 6) is -0.996. The fourth-order valence-electron chi connectivity index (χ4n) is 1.52. The smallest absolute Gasteiger partial charge is 0.356 e. The lowest BCUT2D eigenvalue weighted by molar-refractivity contribution is 0.0585.